The molecule has 0 aliphatic carbocycles. The van der Waals surface area contributed by atoms with Crippen LogP contribution in [0.25, 0.3) is 0 Å². The summed E-state index contributed by atoms with van der Waals surface area (Å²) in [5.41, 5.74) is 0. The monoisotopic (exact) mass is 227 g/mol. The number of nitrogens with zero attached hydrogens (tertiary/aromatic N) is 3. The van der Waals surface area contributed by atoms with E-state index in [9.17, 15) is 0 Å². The first-order chi connectivity index (χ1) is 7.25. The van der Waals surface area contributed by atoms with Gasteiger partial charge in [0.15, 0.2) is 0 Å². The molecule has 0 unspecified atom stereocenters. The van der Waals surface area contributed by atoms with Gasteiger partial charge >= 0.3 is 0 Å². The number of hydrogen-bond donors (Lipinski definition) is 0. The predicted octanol–water partition coefficient (Wildman–Crippen LogP) is 1.60. The van der Waals surface area contributed by atoms with Gasteiger partial charge in [0.2, 0.25) is 0 Å². The van der Waals surface area contributed by atoms with E-state index in [1.165, 1.54) is 6.20 Å². The van der Waals surface area contributed by atoms with E-state index in [0.29, 0.717) is 11.1 Å². The van der Waals surface area contributed by atoms with Crippen molar-refractivity contribution < 1.29 is 4.74 Å². The van der Waals surface area contributed by atoms with Gasteiger partial charge in [-0.15, -0.1) is 0 Å². The highest BCUT2D eigenvalue weighted by atomic mass is 35.5. The summed E-state index contributed by atoms with van der Waals surface area (Å²) in [5.74, 6) is 1.41. The van der Waals surface area contributed by atoms with Gasteiger partial charge in [-0.25, -0.2) is 4.98 Å². The zero-order valence-corrected chi connectivity index (χ0v) is 9.44. The summed E-state index contributed by atoms with van der Waals surface area (Å²) in [4.78, 5) is 10.3. The van der Waals surface area contributed by atoms with E-state index in [-0.39, 0.29) is 0 Å². The summed E-state index contributed by atoms with van der Waals surface area (Å²) in [6, 6.07) is 0. The topological polar surface area (TPSA) is 38.2 Å². The van der Waals surface area contributed by atoms with Crippen LogP contribution < -0.4 is 4.90 Å². The quantitative estimate of drug-likeness (QED) is 0.786. The molecule has 0 saturated carbocycles. The first-order valence-electron chi connectivity index (χ1n) is 5.02. The molecule has 1 aromatic heterocycles. The molecular formula is C10H14ClN3O. The van der Waals surface area contributed by atoms with Crippen molar-refractivity contribution in [3.8, 4) is 0 Å². The normalized spacial score (nSPS) is 20.5. The number of ether oxygens (including phenoxy) is 1. The third-order valence-corrected chi connectivity index (χ3v) is 2.72. The SMILES string of the molecule is CN(C[C@@H]1CCOC1)c1cncc(Cl)n1. The fourth-order valence-corrected chi connectivity index (χ4v) is 1.87. The van der Waals surface area contributed by atoms with Crippen LogP contribution in [0.5, 0.6) is 0 Å². The van der Waals surface area contributed by atoms with Crippen LogP contribution >= 0.6 is 11.6 Å². The molecule has 5 heteroatoms. The summed E-state index contributed by atoms with van der Waals surface area (Å²) >= 11 is 5.78. The number of anilines is 1. The van der Waals surface area contributed by atoms with Crippen molar-refractivity contribution in [2.24, 2.45) is 5.92 Å². The highest BCUT2D eigenvalue weighted by Crippen LogP contribution is 2.17. The van der Waals surface area contributed by atoms with Gasteiger partial charge in [-0.1, -0.05) is 11.6 Å². The molecule has 1 atom stereocenters. The lowest BCUT2D eigenvalue weighted by atomic mass is 10.1. The maximum Gasteiger partial charge on any atom is 0.149 e. The predicted molar refractivity (Wildman–Crippen MR) is 59.2 cm³/mol. The van der Waals surface area contributed by atoms with Crippen molar-refractivity contribution in [2.75, 3.05) is 31.7 Å². The number of halogens is 1. The lowest BCUT2D eigenvalue weighted by Gasteiger charge is -2.20. The van der Waals surface area contributed by atoms with Crippen molar-refractivity contribution in [3.63, 3.8) is 0 Å². The first kappa shape index (κ1) is 10.6. The second-order valence-corrected chi connectivity index (χ2v) is 4.20. The van der Waals surface area contributed by atoms with E-state index in [1.54, 1.807) is 6.20 Å². The van der Waals surface area contributed by atoms with Crippen LogP contribution in [0.3, 0.4) is 0 Å². The molecule has 0 amide bonds. The van der Waals surface area contributed by atoms with Crippen LogP contribution in [-0.4, -0.2) is 36.8 Å². The van der Waals surface area contributed by atoms with Gasteiger partial charge in [0.1, 0.15) is 11.0 Å². The molecule has 2 heterocycles. The molecule has 0 N–H and O–H groups in total. The zero-order valence-electron chi connectivity index (χ0n) is 8.69. The number of aromatic nitrogens is 2. The minimum atomic E-state index is 0.432. The second kappa shape index (κ2) is 4.77. The largest absolute Gasteiger partial charge is 0.381 e. The van der Waals surface area contributed by atoms with E-state index < -0.39 is 0 Å². The van der Waals surface area contributed by atoms with E-state index in [4.69, 9.17) is 16.3 Å². The first-order valence-corrected chi connectivity index (χ1v) is 5.40. The minimum absolute atomic E-state index is 0.432. The van der Waals surface area contributed by atoms with Gasteiger partial charge in [0.25, 0.3) is 0 Å². The Bertz CT molecular complexity index is 328. The molecule has 0 aromatic carbocycles. The molecular weight excluding hydrogens is 214 g/mol. The molecule has 4 nitrogen and oxygen atoms in total. The van der Waals surface area contributed by atoms with Crippen molar-refractivity contribution >= 4 is 17.4 Å². The van der Waals surface area contributed by atoms with Crippen molar-refractivity contribution in [1.82, 2.24) is 9.97 Å². The highest BCUT2D eigenvalue weighted by molar-refractivity contribution is 6.29. The fourth-order valence-electron chi connectivity index (χ4n) is 1.72. The van der Waals surface area contributed by atoms with Gasteiger partial charge in [0.05, 0.1) is 19.0 Å². The lowest BCUT2D eigenvalue weighted by Crippen LogP contribution is -2.26. The molecule has 1 fully saturated rings. The molecule has 82 valence electrons. The summed E-state index contributed by atoms with van der Waals surface area (Å²) in [5, 5.41) is 0.432. The molecule has 0 spiro atoms. The summed E-state index contributed by atoms with van der Waals surface area (Å²) < 4.78 is 5.33. The number of rotatable bonds is 3. The Kier molecular flexibility index (Phi) is 3.38. The summed E-state index contributed by atoms with van der Waals surface area (Å²) in [6.45, 7) is 2.66. The van der Waals surface area contributed by atoms with Gasteiger partial charge in [0, 0.05) is 26.1 Å². The molecule has 1 saturated heterocycles. The summed E-state index contributed by atoms with van der Waals surface area (Å²) in [6.07, 6.45) is 4.39. The van der Waals surface area contributed by atoms with E-state index >= 15 is 0 Å². The standard InChI is InChI=1S/C10H14ClN3O/c1-14(6-8-2-3-15-7-8)10-5-12-4-9(11)13-10/h4-5,8H,2-3,6-7H2,1H3/t8-/m0/s1. The molecule has 1 aromatic rings. The Balaban J connectivity index is 1.97. The van der Waals surface area contributed by atoms with Gasteiger partial charge in [-0.2, -0.15) is 0 Å². The van der Waals surface area contributed by atoms with Crippen LogP contribution in [0.1, 0.15) is 6.42 Å². The van der Waals surface area contributed by atoms with Gasteiger partial charge < -0.3 is 9.64 Å². The molecule has 1 aliphatic heterocycles. The van der Waals surface area contributed by atoms with Crippen molar-refractivity contribution in [1.29, 1.82) is 0 Å². The van der Waals surface area contributed by atoms with Crippen LogP contribution in [0.2, 0.25) is 5.15 Å². The van der Waals surface area contributed by atoms with Crippen LogP contribution in [0.4, 0.5) is 5.82 Å². The van der Waals surface area contributed by atoms with Crippen LogP contribution in [-0.2, 0) is 4.74 Å². The maximum atomic E-state index is 5.78. The Hall–Kier alpha value is -0.870. The maximum absolute atomic E-state index is 5.78. The van der Waals surface area contributed by atoms with Crippen molar-refractivity contribution in [2.45, 2.75) is 6.42 Å². The average molecular weight is 228 g/mol. The van der Waals surface area contributed by atoms with Crippen LogP contribution in [0.15, 0.2) is 12.4 Å². The second-order valence-electron chi connectivity index (χ2n) is 3.81. The molecule has 15 heavy (non-hydrogen) atoms. The molecule has 0 bridgehead atoms. The Morgan fingerprint density at radius 3 is 3.13 bits per heavy atom. The molecule has 2 rings (SSSR count). The third-order valence-electron chi connectivity index (χ3n) is 2.54. The molecule has 0 radical (unpaired) electrons. The fraction of sp³-hybridized carbons (Fsp3) is 0.600. The van der Waals surface area contributed by atoms with E-state index in [2.05, 4.69) is 14.9 Å². The van der Waals surface area contributed by atoms with Gasteiger partial charge in [-0.3, -0.25) is 4.98 Å². The Morgan fingerprint density at radius 1 is 1.60 bits per heavy atom. The third kappa shape index (κ3) is 2.79. The smallest absolute Gasteiger partial charge is 0.149 e. The van der Waals surface area contributed by atoms with Crippen LogP contribution in [0, 0.1) is 5.92 Å². The minimum Gasteiger partial charge on any atom is -0.381 e. The zero-order chi connectivity index (χ0) is 10.7. The highest BCUT2D eigenvalue weighted by Gasteiger charge is 2.18. The molecule has 1 aliphatic rings. The number of hydrogen-bond acceptors (Lipinski definition) is 4. The van der Waals surface area contributed by atoms with E-state index in [0.717, 1.165) is 32.0 Å². The summed E-state index contributed by atoms with van der Waals surface area (Å²) in [7, 11) is 2.00. The van der Waals surface area contributed by atoms with E-state index in [1.807, 2.05) is 7.05 Å². The Labute approximate surface area is 94.2 Å². The Morgan fingerprint density at radius 2 is 2.47 bits per heavy atom. The van der Waals surface area contributed by atoms with Crippen molar-refractivity contribution in [3.05, 3.63) is 17.5 Å². The van der Waals surface area contributed by atoms with Gasteiger partial charge in [-0.05, 0) is 6.42 Å². The lowest BCUT2D eigenvalue weighted by molar-refractivity contribution is 0.186. The average Bonchev–Trinajstić information content (AvgIpc) is 2.70.